The van der Waals surface area contributed by atoms with Crippen molar-refractivity contribution in [2.45, 2.75) is 23.9 Å². The lowest BCUT2D eigenvalue weighted by atomic mass is 10.1. The molecular formula is C14H13N3O5S. The summed E-state index contributed by atoms with van der Waals surface area (Å²) in [4.78, 5) is 29.3. The van der Waals surface area contributed by atoms with E-state index in [-0.39, 0.29) is 23.4 Å². The number of sulfonamides is 1. The minimum atomic E-state index is -4.15. The number of carboxylic acids is 1. The van der Waals surface area contributed by atoms with Gasteiger partial charge < -0.3 is 10.1 Å². The van der Waals surface area contributed by atoms with Gasteiger partial charge in [0.2, 0.25) is 10.0 Å². The summed E-state index contributed by atoms with van der Waals surface area (Å²) in [6.45, 7) is -0.137. The van der Waals surface area contributed by atoms with Crippen LogP contribution in [0.5, 0.6) is 0 Å². The quantitative estimate of drug-likeness (QED) is 0.781. The van der Waals surface area contributed by atoms with Gasteiger partial charge in [-0.25, -0.2) is 13.4 Å². The zero-order valence-corrected chi connectivity index (χ0v) is 12.7. The number of hydrogen-bond donors (Lipinski definition) is 2. The first-order valence-electron chi connectivity index (χ1n) is 6.75. The molecular weight excluding hydrogens is 322 g/mol. The second-order valence-electron chi connectivity index (χ2n) is 5.09. The van der Waals surface area contributed by atoms with Crippen LogP contribution in [-0.2, 0) is 27.8 Å². The van der Waals surface area contributed by atoms with Crippen LogP contribution in [-0.4, -0.2) is 46.1 Å². The summed E-state index contributed by atoms with van der Waals surface area (Å²) in [5, 5.41) is 9.39. The first-order chi connectivity index (χ1) is 10.9. The monoisotopic (exact) mass is 335 g/mol. The van der Waals surface area contributed by atoms with E-state index < -0.39 is 22.0 Å². The molecule has 0 radical (unpaired) electrons. The number of aldehydes is 1. The van der Waals surface area contributed by atoms with Crippen LogP contribution in [0.15, 0.2) is 35.5 Å². The number of aromatic nitrogens is 2. The minimum Gasteiger partial charge on any atom is -0.480 e. The van der Waals surface area contributed by atoms with Crippen molar-refractivity contribution in [2.24, 2.45) is 0 Å². The standard InChI is InChI=1S/C14H13N3O5S/c18-7-9-3-1-2-4-13(9)23(21,22)17-6-11-10(15-8-16-11)5-12(17)14(19)20/h1-4,7-8,12H,5-6H2,(H,15,16)(H,19,20). The van der Waals surface area contributed by atoms with Crippen molar-refractivity contribution in [1.82, 2.24) is 14.3 Å². The van der Waals surface area contributed by atoms with E-state index in [1.165, 1.54) is 24.5 Å². The van der Waals surface area contributed by atoms with E-state index in [0.717, 1.165) is 4.31 Å². The number of benzene rings is 1. The van der Waals surface area contributed by atoms with E-state index in [1.54, 1.807) is 6.07 Å². The predicted octanol–water partition coefficient (Wildman–Crippen LogP) is 0.422. The summed E-state index contributed by atoms with van der Waals surface area (Å²) >= 11 is 0. The van der Waals surface area contributed by atoms with Gasteiger partial charge in [0.1, 0.15) is 6.04 Å². The zero-order valence-electron chi connectivity index (χ0n) is 11.8. The molecule has 1 aliphatic rings. The number of carboxylic acid groups (broad SMARTS) is 1. The highest BCUT2D eigenvalue weighted by Crippen LogP contribution is 2.28. The van der Waals surface area contributed by atoms with Gasteiger partial charge in [-0.15, -0.1) is 0 Å². The Morgan fingerprint density at radius 1 is 1.39 bits per heavy atom. The number of carbonyl (C=O) groups is 2. The molecule has 9 heteroatoms. The highest BCUT2D eigenvalue weighted by molar-refractivity contribution is 7.89. The summed E-state index contributed by atoms with van der Waals surface area (Å²) in [5.41, 5.74) is 1.08. The van der Waals surface area contributed by atoms with Crippen LogP contribution in [0.4, 0.5) is 0 Å². The van der Waals surface area contributed by atoms with Crippen LogP contribution in [0.25, 0.3) is 0 Å². The normalized spacial score (nSPS) is 18.3. The number of carbonyl (C=O) groups excluding carboxylic acids is 1. The van der Waals surface area contributed by atoms with Crippen molar-refractivity contribution < 1.29 is 23.1 Å². The van der Waals surface area contributed by atoms with Gasteiger partial charge in [0, 0.05) is 12.0 Å². The number of hydrogen-bond acceptors (Lipinski definition) is 5. The Balaban J connectivity index is 2.11. The molecule has 2 aromatic rings. The van der Waals surface area contributed by atoms with Crippen molar-refractivity contribution in [3.05, 3.63) is 47.5 Å². The molecule has 0 saturated carbocycles. The van der Waals surface area contributed by atoms with Gasteiger partial charge in [-0.1, -0.05) is 18.2 Å². The topological polar surface area (TPSA) is 120 Å². The maximum atomic E-state index is 12.9. The van der Waals surface area contributed by atoms with Gasteiger partial charge in [0.15, 0.2) is 6.29 Å². The van der Waals surface area contributed by atoms with Gasteiger partial charge in [0.05, 0.1) is 29.2 Å². The highest BCUT2D eigenvalue weighted by atomic mass is 32.2. The Labute approximate surface area is 131 Å². The fourth-order valence-corrected chi connectivity index (χ4v) is 4.33. The summed E-state index contributed by atoms with van der Waals surface area (Å²) in [6.07, 6.45) is 1.81. The molecule has 0 saturated heterocycles. The third kappa shape index (κ3) is 2.53. The number of fused-ring (bicyclic) bond motifs is 1. The molecule has 0 aliphatic carbocycles. The fraction of sp³-hybridized carbons (Fsp3) is 0.214. The predicted molar refractivity (Wildman–Crippen MR) is 78.3 cm³/mol. The van der Waals surface area contributed by atoms with Crippen molar-refractivity contribution in [3.63, 3.8) is 0 Å². The molecule has 2 heterocycles. The number of imidazole rings is 1. The second kappa shape index (κ2) is 5.60. The van der Waals surface area contributed by atoms with Crippen LogP contribution in [0.2, 0.25) is 0 Å². The van der Waals surface area contributed by atoms with E-state index in [4.69, 9.17) is 0 Å². The smallest absolute Gasteiger partial charge is 0.322 e. The Kier molecular flexibility index (Phi) is 3.74. The van der Waals surface area contributed by atoms with Crippen molar-refractivity contribution in [2.75, 3.05) is 0 Å². The number of aromatic amines is 1. The Hall–Kier alpha value is -2.52. The van der Waals surface area contributed by atoms with Crippen molar-refractivity contribution >= 4 is 22.3 Å². The van der Waals surface area contributed by atoms with Gasteiger partial charge in [-0.2, -0.15) is 4.31 Å². The van der Waals surface area contributed by atoms with Gasteiger partial charge in [-0.3, -0.25) is 9.59 Å². The SMILES string of the molecule is O=Cc1ccccc1S(=O)(=O)N1Cc2[nH]cnc2CC1C(=O)O. The van der Waals surface area contributed by atoms with E-state index >= 15 is 0 Å². The van der Waals surface area contributed by atoms with E-state index in [2.05, 4.69) is 9.97 Å². The van der Waals surface area contributed by atoms with Crippen LogP contribution in [0, 0.1) is 0 Å². The van der Waals surface area contributed by atoms with Gasteiger partial charge in [0.25, 0.3) is 0 Å². The molecule has 3 rings (SSSR count). The van der Waals surface area contributed by atoms with Crippen LogP contribution >= 0.6 is 0 Å². The van der Waals surface area contributed by atoms with Crippen molar-refractivity contribution in [1.29, 1.82) is 0 Å². The molecule has 1 aromatic heterocycles. The number of nitrogens with one attached hydrogen (secondary N) is 1. The maximum Gasteiger partial charge on any atom is 0.322 e. The first-order valence-corrected chi connectivity index (χ1v) is 8.19. The summed E-state index contributed by atoms with van der Waals surface area (Å²) in [5.74, 6) is -1.26. The second-order valence-corrected chi connectivity index (χ2v) is 6.95. The van der Waals surface area contributed by atoms with E-state index in [1.807, 2.05) is 0 Å². The molecule has 0 spiro atoms. The van der Waals surface area contributed by atoms with Crippen molar-refractivity contribution in [3.8, 4) is 0 Å². The minimum absolute atomic E-state index is 0.00736. The van der Waals surface area contributed by atoms with Gasteiger partial charge in [-0.05, 0) is 6.07 Å². The fourth-order valence-electron chi connectivity index (χ4n) is 2.62. The lowest BCUT2D eigenvalue weighted by Gasteiger charge is -2.31. The van der Waals surface area contributed by atoms with Crippen LogP contribution in [0.3, 0.4) is 0 Å². The number of aliphatic carboxylic acids is 1. The molecule has 1 aromatic carbocycles. The third-order valence-corrected chi connectivity index (χ3v) is 5.70. The first kappa shape index (κ1) is 15.4. The average Bonchev–Trinajstić information content (AvgIpc) is 3.01. The zero-order chi connectivity index (χ0) is 16.6. The molecule has 8 nitrogen and oxygen atoms in total. The Morgan fingerprint density at radius 3 is 2.83 bits per heavy atom. The summed E-state index contributed by atoms with van der Waals surface area (Å²) in [6, 6.07) is 4.43. The molecule has 1 atom stereocenters. The molecule has 2 N–H and O–H groups in total. The number of nitrogens with zero attached hydrogens (tertiary/aromatic N) is 2. The molecule has 120 valence electrons. The lowest BCUT2D eigenvalue weighted by Crippen LogP contribution is -2.48. The lowest BCUT2D eigenvalue weighted by molar-refractivity contribution is -0.141. The van der Waals surface area contributed by atoms with Crippen LogP contribution < -0.4 is 0 Å². The summed E-state index contributed by atoms with van der Waals surface area (Å²) < 4.78 is 26.7. The molecule has 23 heavy (non-hydrogen) atoms. The van der Waals surface area contributed by atoms with E-state index in [0.29, 0.717) is 17.7 Å². The largest absolute Gasteiger partial charge is 0.480 e. The molecule has 0 bridgehead atoms. The van der Waals surface area contributed by atoms with Gasteiger partial charge >= 0.3 is 5.97 Å². The summed E-state index contributed by atoms with van der Waals surface area (Å²) in [7, 11) is -4.15. The highest BCUT2D eigenvalue weighted by Gasteiger charge is 2.41. The van der Waals surface area contributed by atoms with Crippen LogP contribution in [0.1, 0.15) is 21.7 Å². The molecule has 0 fully saturated rings. The molecule has 1 aliphatic heterocycles. The molecule has 1 unspecified atom stereocenters. The average molecular weight is 335 g/mol. The van der Waals surface area contributed by atoms with E-state index in [9.17, 15) is 23.1 Å². The maximum absolute atomic E-state index is 12.9. The number of rotatable bonds is 4. The third-order valence-electron chi connectivity index (χ3n) is 3.77. The molecule has 0 amide bonds. The Bertz CT molecular complexity index is 874. The Morgan fingerprint density at radius 2 is 2.13 bits per heavy atom. The number of H-pyrrole nitrogens is 1.